The van der Waals surface area contributed by atoms with Crippen molar-refractivity contribution in [3.05, 3.63) is 39.6 Å². The van der Waals surface area contributed by atoms with Crippen LogP contribution in [0.3, 0.4) is 0 Å². The number of anilines is 1. The zero-order chi connectivity index (χ0) is 11.5. The summed E-state index contributed by atoms with van der Waals surface area (Å²) in [5, 5.41) is 5.86. The van der Waals surface area contributed by atoms with Crippen molar-refractivity contribution in [2.75, 3.05) is 5.32 Å². The lowest BCUT2D eigenvalue weighted by Gasteiger charge is -2.15. The molecule has 5 heteroatoms. The van der Waals surface area contributed by atoms with Gasteiger partial charge in [0.05, 0.1) is 22.9 Å². The van der Waals surface area contributed by atoms with Gasteiger partial charge in [0.1, 0.15) is 0 Å². The van der Waals surface area contributed by atoms with Crippen molar-refractivity contribution in [2.24, 2.45) is 0 Å². The van der Waals surface area contributed by atoms with Gasteiger partial charge in [0.25, 0.3) is 0 Å². The van der Waals surface area contributed by atoms with Crippen LogP contribution in [0.15, 0.2) is 23.2 Å². The minimum atomic E-state index is 0.131. The molecular weight excluding hydrogens is 242 g/mol. The minimum absolute atomic E-state index is 0.131. The Labute approximate surface area is 104 Å². The molecule has 0 bridgehead atoms. The summed E-state index contributed by atoms with van der Waals surface area (Å²) in [7, 11) is 0. The number of nitrogens with one attached hydrogen (secondary N) is 1. The molecule has 0 spiro atoms. The lowest BCUT2D eigenvalue weighted by molar-refractivity contribution is 0.847. The zero-order valence-corrected chi connectivity index (χ0v) is 10.6. The molecule has 0 aliphatic heterocycles. The molecule has 16 heavy (non-hydrogen) atoms. The van der Waals surface area contributed by atoms with E-state index in [1.54, 1.807) is 17.5 Å². The van der Waals surface area contributed by atoms with Gasteiger partial charge < -0.3 is 5.32 Å². The summed E-state index contributed by atoms with van der Waals surface area (Å²) in [6.45, 7) is 4.06. The van der Waals surface area contributed by atoms with E-state index in [4.69, 9.17) is 11.6 Å². The molecule has 3 nitrogen and oxygen atoms in total. The Morgan fingerprint density at radius 3 is 2.88 bits per heavy atom. The lowest BCUT2D eigenvalue weighted by atomic mass is 10.2. The smallest absolute Gasteiger partial charge is 0.152 e. The first-order chi connectivity index (χ1) is 7.68. The number of hydrogen-bond acceptors (Lipinski definition) is 4. The Bertz CT molecular complexity index is 450. The average molecular weight is 254 g/mol. The summed E-state index contributed by atoms with van der Waals surface area (Å²) < 4.78 is 0. The van der Waals surface area contributed by atoms with E-state index >= 15 is 0 Å². The normalized spacial score (nSPS) is 12.4. The summed E-state index contributed by atoms with van der Waals surface area (Å²) in [5.74, 6) is 0. The lowest BCUT2D eigenvalue weighted by Crippen LogP contribution is -2.08. The van der Waals surface area contributed by atoms with Crippen LogP contribution in [0.5, 0.6) is 0 Å². The molecule has 0 saturated heterocycles. The Balaban J connectivity index is 2.21. The van der Waals surface area contributed by atoms with E-state index in [1.807, 2.05) is 23.9 Å². The maximum Gasteiger partial charge on any atom is 0.152 e. The number of hydrogen-bond donors (Lipinski definition) is 1. The summed E-state index contributed by atoms with van der Waals surface area (Å²) in [4.78, 5) is 8.32. The predicted octanol–water partition coefficient (Wildman–Crippen LogP) is 3.67. The molecule has 2 aromatic rings. The molecule has 0 amide bonds. The monoisotopic (exact) mass is 253 g/mol. The summed E-state index contributed by atoms with van der Waals surface area (Å²) in [6, 6.07) is 2.06. The highest BCUT2D eigenvalue weighted by atomic mass is 35.5. The first-order valence-electron chi connectivity index (χ1n) is 4.94. The van der Waals surface area contributed by atoms with Crippen LogP contribution in [-0.2, 0) is 0 Å². The minimum Gasteiger partial charge on any atom is -0.374 e. The van der Waals surface area contributed by atoms with Crippen molar-refractivity contribution in [3.8, 4) is 0 Å². The van der Waals surface area contributed by atoms with Gasteiger partial charge in [-0.25, -0.2) is 9.97 Å². The third-order valence-corrected chi connectivity index (χ3v) is 3.26. The Morgan fingerprint density at radius 1 is 1.44 bits per heavy atom. The van der Waals surface area contributed by atoms with Crippen molar-refractivity contribution in [1.82, 2.24) is 9.97 Å². The number of aryl methyl sites for hydroxylation is 1. The van der Waals surface area contributed by atoms with Gasteiger partial charge in [-0.05, 0) is 25.5 Å². The van der Waals surface area contributed by atoms with Gasteiger partial charge in [0.15, 0.2) is 5.15 Å². The van der Waals surface area contributed by atoms with Crippen LogP contribution in [-0.4, -0.2) is 9.97 Å². The van der Waals surface area contributed by atoms with Gasteiger partial charge in [-0.15, -0.1) is 11.3 Å². The quantitative estimate of drug-likeness (QED) is 0.848. The third-order valence-electron chi connectivity index (χ3n) is 2.37. The second-order valence-corrected chi connectivity index (χ2v) is 4.65. The number of aromatic nitrogens is 2. The van der Waals surface area contributed by atoms with Crippen molar-refractivity contribution in [1.29, 1.82) is 0 Å². The van der Waals surface area contributed by atoms with E-state index in [-0.39, 0.29) is 6.04 Å². The molecule has 0 saturated carbocycles. The Morgan fingerprint density at radius 2 is 2.25 bits per heavy atom. The van der Waals surface area contributed by atoms with Crippen molar-refractivity contribution in [2.45, 2.75) is 19.9 Å². The largest absolute Gasteiger partial charge is 0.374 e. The van der Waals surface area contributed by atoms with Crippen LogP contribution in [0.1, 0.15) is 24.2 Å². The maximum absolute atomic E-state index is 6.04. The van der Waals surface area contributed by atoms with E-state index in [9.17, 15) is 0 Å². The van der Waals surface area contributed by atoms with Gasteiger partial charge in [0, 0.05) is 11.6 Å². The van der Waals surface area contributed by atoms with E-state index in [0.29, 0.717) is 5.15 Å². The highest BCUT2D eigenvalue weighted by Crippen LogP contribution is 2.27. The SMILES string of the molecule is Cc1ccnc(Cl)c1NC(C)c1cscn1. The average Bonchev–Trinajstić information content (AvgIpc) is 2.76. The Kier molecular flexibility index (Phi) is 3.41. The van der Waals surface area contributed by atoms with Crippen molar-refractivity contribution in [3.63, 3.8) is 0 Å². The topological polar surface area (TPSA) is 37.8 Å². The fraction of sp³-hybridized carbons (Fsp3) is 0.273. The van der Waals surface area contributed by atoms with Crippen LogP contribution in [0.25, 0.3) is 0 Å². The second kappa shape index (κ2) is 4.80. The first-order valence-corrected chi connectivity index (χ1v) is 6.26. The molecule has 0 aliphatic carbocycles. The first kappa shape index (κ1) is 11.4. The molecule has 0 fully saturated rings. The van der Waals surface area contributed by atoms with Crippen LogP contribution in [0.4, 0.5) is 5.69 Å². The van der Waals surface area contributed by atoms with Crippen LogP contribution in [0.2, 0.25) is 5.15 Å². The van der Waals surface area contributed by atoms with Gasteiger partial charge >= 0.3 is 0 Å². The number of thiazole rings is 1. The molecule has 84 valence electrons. The number of rotatable bonds is 3. The summed E-state index contributed by atoms with van der Waals surface area (Å²) >= 11 is 7.63. The van der Waals surface area contributed by atoms with Gasteiger partial charge in [-0.2, -0.15) is 0 Å². The second-order valence-electron chi connectivity index (χ2n) is 3.57. The number of halogens is 1. The van der Waals surface area contributed by atoms with Crippen molar-refractivity contribution >= 4 is 28.6 Å². The number of nitrogens with zero attached hydrogens (tertiary/aromatic N) is 2. The van der Waals surface area contributed by atoms with Gasteiger partial charge in [-0.1, -0.05) is 11.6 Å². The van der Waals surface area contributed by atoms with Gasteiger partial charge in [0.2, 0.25) is 0 Å². The molecule has 0 radical (unpaired) electrons. The van der Waals surface area contributed by atoms with E-state index in [2.05, 4.69) is 22.2 Å². The molecule has 1 atom stereocenters. The van der Waals surface area contributed by atoms with E-state index < -0.39 is 0 Å². The highest BCUT2D eigenvalue weighted by molar-refractivity contribution is 7.07. The standard InChI is InChI=1S/C11H12ClN3S/c1-7-3-4-13-11(12)10(7)15-8(2)9-5-16-6-14-9/h3-6,8,15H,1-2H3. The van der Waals surface area contributed by atoms with Crippen molar-refractivity contribution < 1.29 is 0 Å². The molecule has 0 aromatic carbocycles. The molecule has 0 aliphatic rings. The third kappa shape index (κ3) is 2.33. The number of pyridine rings is 1. The predicted molar refractivity (Wildman–Crippen MR) is 68.1 cm³/mol. The molecule has 2 rings (SSSR count). The maximum atomic E-state index is 6.04. The highest BCUT2D eigenvalue weighted by Gasteiger charge is 2.11. The molecule has 1 N–H and O–H groups in total. The van der Waals surface area contributed by atoms with Crippen LogP contribution < -0.4 is 5.32 Å². The van der Waals surface area contributed by atoms with Crippen LogP contribution >= 0.6 is 22.9 Å². The van der Waals surface area contributed by atoms with E-state index in [0.717, 1.165) is 16.9 Å². The molecule has 1 unspecified atom stereocenters. The molecule has 2 heterocycles. The summed E-state index contributed by atoms with van der Waals surface area (Å²) in [6.07, 6.45) is 1.70. The summed E-state index contributed by atoms with van der Waals surface area (Å²) in [5.41, 5.74) is 4.81. The molecular formula is C11H12ClN3S. The zero-order valence-electron chi connectivity index (χ0n) is 9.07. The Hall–Kier alpha value is -1.13. The van der Waals surface area contributed by atoms with Crippen LogP contribution in [0, 0.1) is 6.92 Å². The fourth-order valence-electron chi connectivity index (χ4n) is 1.42. The fourth-order valence-corrected chi connectivity index (χ4v) is 2.33. The molecule has 2 aromatic heterocycles. The van der Waals surface area contributed by atoms with Gasteiger partial charge in [-0.3, -0.25) is 0 Å². The van der Waals surface area contributed by atoms with E-state index in [1.165, 1.54) is 0 Å².